The summed E-state index contributed by atoms with van der Waals surface area (Å²) in [6.45, 7) is 0. The first kappa shape index (κ1) is 9.41. The number of carbonyl (C=O) groups is 1. The van der Waals surface area contributed by atoms with E-state index in [0.29, 0.717) is 11.7 Å². The van der Waals surface area contributed by atoms with Crippen molar-refractivity contribution in [2.24, 2.45) is 5.92 Å². The molecule has 1 heteroatoms. The fraction of sp³-hybridized carbons (Fsp3) is 0.312. The van der Waals surface area contributed by atoms with Crippen molar-refractivity contribution in [2.75, 3.05) is 0 Å². The van der Waals surface area contributed by atoms with Crippen LogP contribution in [-0.4, -0.2) is 5.78 Å². The Morgan fingerprint density at radius 2 is 1.88 bits per heavy atom. The maximum atomic E-state index is 11.7. The van der Waals surface area contributed by atoms with Gasteiger partial charge < -0.3 is 0 Å². The minimum Gasteiger partial charge on any atom is -0.299 e. The third kappa shape index (κ3) is 1.17. The highest BCUT2D eigenvalue weighted by Crippen LogP contribution is 2.62. The van der Waals surface area contributed by atoms with Crippen molar-refractivity contribution in [3.63, 3.8) is 0 Å². The molecule has 2 unspecified atom stereocenters. The predicted molar refractivity (Wildman–Crippen MR) is 68.0 cm³/mol. The van der Waals surface area contributed by atoms with Gasteiger partial charge in [0, 0.05) is 17.8 Å². The standard InChI is InChI=1S/C16H14O/c17-15-7-8-16(10-14(15)16)13-6-5-11-3-1-2-4-12(11)9-13/h1-6,9,14H,7-8,10H2. The molecule has 0 amide bonds. The van der Waals surface area contributed by atoms with E-state index in [0.717, 1.165) is 19.3 Å². The van der Waals surface area contributed by atoms with Crippen molar-refractivity contribution < 1.29 is 4.79 Å². The molecule has 0 aromatic heterocycles. The number of rotatable bonds is 1. The Hall–Kier alpha value is -1.63. The minimum absolute atomic E-state index is 0.223. The average molecular weight is 222 g/mol. The maximum Gasteiger partial charge on any atom is 0.136 e. The molecular formula is C16H14O. The van der Waals surface area contributed by atoms with E-state index >= 15 is 0 Å². The molecule has 2 fully saturated rings. The number of benzene rings is 2. The summed E-state index contributed by atoms with van der Waals surface area (Å²) in [6.07, 6.45) is 2.94. The molecule has 2 saturated carbocycles. The van der Waals surface area contributed by atoms with Crippen LogP contribution in [0.1, 0.15) is 24.8 Å². The first-order chi connectivity index (χ1) is 8.29. The number of carbonyl (C=O) groups excluding carboxylic acids is 1. The molecule has 0 radical (unpaired) electrons. The lowest BCUT2D eigenvalue weighted by Crippen LogP contribution is -2.05. The zero-order valence-electron chi connectivity index (χ0n) is 9.65. The minimum atomic E-state index is 0.223. The topological polar surface area (TPSA) is 17.1 Å². The summed E-state index contributed by atoms with van der Waals surface area (Å²) in [5.74, 6) is 0.821. The Kier molecular flexibility index (Phi) is 1.65. The van der Waals surface area contributed by atoms with Crippen LogP contribution in [-0.2, 0) is 10.2 Å². The van der Waals surface area contributed by atoms with Crippen molar-refractivity contribution in [2.45, 2.75) is 24.7 Å². The van der Waals surface area contributed by atoms with Gasteiger partial charge in [-0.3, -0.25) is 4.79 Å². The molecule has 2 aromatic rings. The van der Waals surface area contributed by atoms with Crippen molar-refractivity contribution in [1.82, 2.24) is 0 Å². The highest BCUT2D eigenvalue weighted by Gasteiger charge is 2.62. The first-order valence-corrected chi connectivity index (χ1v) is 6.32. The lowest BCUT2D eigenvalue weighted by Gasteiger charge is -2.12. The van der Waals surface area contributed by atoms with Gasteiger partial charge in [0.05, 0.1) is 0 Å². The third-order valence-electron chi connectivity index (χ3n) is 4.61. The van der Waals surface area contributed by atoms with E-state index in [1.807, 2.05) is 0 Å². The van der Waals surface area contributed by atoms with Crippen molar-refractivity contribution >= 4 is 16.6 Å². The van der Waals surface area contributed by atoms with E-state index in [4.69, 9.17) is 0 Å². The number of Topliss-reactive ketones (excluding diaryl/α,β-unsaturated/α-hetero) is 1. The normalized spacial score (nSPS) is 30.6. The van der Waals surface area contributed by atoms with Crippen LogP contribution in [0.4, 0.5) is 0 Å². The van der Waals surface area contributed by atoms with Gasteiger partial charge in [-0.25, -0.2) is 0 Å². The second-order valence-corrected chi connectivity index (χ2v) is 5.44. The van der Waals surface area contributed by atoms with E-state index in [-0.39, 0.29) is 5.41 Å². The zero-order chi connectivity index (χ0) is 11.5. The number of ketones is 1. The van der Waals surface area contributed by atoms with E-state index < -0.39 is 0 Å². The highest BCUT2D eigenvalue weighted by atomic mass is 16.1. The Morgan fingerprint density at radius 1 is 1.06 bits per heavy atom. The van der Waals surface area contributed by atoms with Crippen LogP contribution in [0.15, 0.2) is 42.5 Å². The summed E-state index contributed by atoms with van der Waals surface area (Å²) in [6, 6.07) is 15.1. The Labute approximate surface area is 100 Å². The van der Waals surface area contributed by atoms with Crippen LogP contribution in [0.3, 0.4) is 0 Å². The first-order valence-electron chi connectivity index (χ1n) is 6.32. The van der Waals surface area contributed by atoms with Crippen LogP contribution < -0.4 is 0 Å². The van der Waals surface area contributed by atoms with Crippen LogP contribution >= 0.6 is 0 Å². The second-order valence-electron chi connectivity index (χ2n) is 5.44. The number of fused-ring (bicyclic) bond motifs is 2. The summed E-state index contributed by atoms with van der Waals surface area (Å²) in [5.41, 5.74) is 1.60. The average Bonchev–Trinajstić information content (AvgIpc) is 3.04. The smallest absolute Gasteiger partial charge is 0.136 e. The van der Waals surface area contributed by atoms with Crippen molar-refractivity contribution in [3.8, 4) is 0 Å². The highest BCUT2D eigenvalue weighted by molar-refractivity contribution is 5.91. The third-order valence-corrected chi connectivity index (χ3v) is 4.61. The summed E-state index contributed by atoms with van der Waals surface area (Å²) in [5, 5.41) is 2.58. The van der Waals surface area contributed by atoms with E-state index in [9.17, 15) is 4.79 Å². The lowest BCUT2D eigenvalue weighted by molar-refractivity contribution is -0.119. The zero-order valence-corrected chi connectivity index (χ0v) is 9.65. The fourth-order valence-corrected chi connectivity index (χ4v) is 3.49. The van der Waals surface area contributed by atoms with Gasteiger partial charge in [0.15, 0.2) is 0 Å². The molecule has 2 aromatic carbocycles. The van der Waals surface area contributed by atoms with Gasteiger partial charge in [-0.1, -0.05) is 42.5 Å². The van der Waals surface area contributed by atoms with Gasteiger partial charge in [0.2, 0.25) is 0 Å². The van der Waals surface area contributed by atoms with Crippen LogP contribution in [0.2, 0.25) is 0 Å². The van der Waals surface area contributed by atoms with Crippen LogP contribution in [0.25, 0.3) is 10.8 Å². The van der Waals surface area contributed by atoms with Gasteiger partial charge in [-0.05, 0) is 29.2 Å². The SMILES string of the molecule is O=C1CCC2(c3ccc4ccccc4c3)CC12. The molecular weight excluding hydrogens is 208 g/mol. The van der Waals surface area contributed by atoms with Gasteiger partial charge in [0.1, 0.15) is 5.78 Å². The molecule has 0 bridgehead atoms. The van der Waals surface area contributed by atoms with Crippen LogP contribution in [0.5, 0.6) is 0 Å². The van der Waals surface area contributed by atoms with E-state index in [1.165, 1.54) is 16.3 Å². The molecule has 0 aliphatic heterocycles. The molecule has 17 heavy (non-hydrogen) atoms. The Balaban J connectivity index is 1.85. The van der Waals surface area contributed by atoms with Crippen molar-refractivity contribution in [3.05, 3.63) is 48.0 Å². The van der Waals surface area contributed by atoms with Gasteiger partial charge in [-0.15, -0.1) is 0 Å². The predicted octanol–water partition coefficient (Wildman–Crippen LogP) is 3.46. The fourth-order valence-electron chi connectivity index (χ4n) is 3.49. The van der Waals surface area contributed by atoms with Gasteiger partial charge in [-0.2, -0.15) is 0 Å². The van der Waals surface area contributed by atoms with Gasteiger partial charge in [0.25, 0.3) is 0 Å². The summed E-state index contributed by atoms with van der Waals surface area (Å²) in [4.78, 5) is 11.7. The van der Waals surface area contributed by atoms with Gasteiger partial charge >= 0.3 is 0 Å². The monoisotopic (exact) mass is 222 g/mol. The van der Waals surface area contributed by atoms with E-state index in [1.54, 1.807) is 0 Å². The quantitative estimate of drug-likeness (QED) is 0.722. The van der Waals surface area contributed by atoms with Crippen molar-refractivity contribution in [1.29, 1.82) is 0 Å². The molecule has 1 nitrogen and oxygen atoms in total. The van der Waals surface area contributed by atoms with Crippen LogP contribution in [0, 0.1) is 5.92 Å². The summed E-state index contributed by atoms with van der Waals surface area (Å²) < 4.78 is 0. The molecule has 0 saturated heterocycles. The second kappa shape index (κ2) is 2.98. The number of hydrogen-bond donors (Lipinski definition) is 0. The Bertz CT molecular complexity index is 628. The molecule has 0 spiro atoms. The van der Waals surface area contributed by atoms with E-state index in [2.05, 4.69) is 42.5 Å². The summed E-state index contributed by atoms with van der Waals surface area (Å²) >= 11 is 0. The lowest BCUT2D eigenvalue weighted by atomic mass is 9.91. The molecule has 4 rings (SSSR count). The molecule has 2 aliphatic carbocycles. The Morgan fingerprint density at radius 3 is 2.59 bits per heavy atom. The number of hydrogen-bond acceptors (Lipinski definition) is 1. The molecule has 2 atom stereocenters. The molecule has 0 N–H and O–H groups in total. The molecule has 84 valence electrons. The summed E-state index contributed by atoms with van der Waals surface area (Å²) in [7, 11) is 0. The molecule has 0 heterocycles. The molecule has 2 aliphatic rings. The largest absolute Gasteiger partial charge is 0.299 e. The maximum absolute atomic E-state index is 11.7.